The normalized spacial score (nSPS) is 10.3. The van der Waals surface area contributed by atoms with Crippen LogP contribution >= 0.6 is 0 Å². The Morgan fingerprint density at radius 2 is 2.17 bits per heavy atom. The fourth-order valence-corrected chi connectivity index (χ4v) is 1.07. The lowest BCUT2D eigenvalue weighted by Crippen LogP contribution is -2.25. The van der Waals surface area contributed by atoms with E-state index in [-0.39, 0.29) is 18.7 Å². The molecule has 0 bridgehead atoms. The molecule has 0 aromatic heterocycles. The van der Waals surface area contributed by atoms with Crippen LogP contribution in [0.3, 0.4) is 0 Å². The van der Waals surface area contributed by atoms with Gasteiger partial charge in [-0.3, -0.25) is 4.79 Å². The number of hydrogen-bond donors (Lipinski definition) is 2. The first-order chi connectivity index (χ1) is 5.45. The van der Waals surface area contributed by atoms with Crippen molar-refractivity contribution in [1.29, 1.82) is 0 Å². The number of nitrogens with two attached hydrogens (primary N) is 1. The summed E-state index contributed by atoms with van der Waals surface area (Å²) in [7, 11) is -3.43. The maximum Gasteiger partial charge on any atom is 0.295 e. The summed E-state index contributed by atoms with van der Waals surface area (Å²) in [6, 6.07) is 0. The third kappa shape index (κ3) is 7.05. The highest BCUT2D eigenvalue weighted by molar-refractivity contribution is 7.89. The van der Waals surface area contributed by atoms with E-state index >= 15 is 0 Å². The molecule has 0 saturated heterocycles. The van der Waals surface area contributed by atoms with Gasteiger partial charge in [0.2, 0.25) is 10.0 Å². The molecule has 0 unspecified atom stereocenters. The van der Waals surface area contributed by atoms with Crippen molar-refractivity contribution in [3.05, 3.63) is 0 Å². The molecule has 0 aromatic carbocycles. The van der Waals surface area contributed by atoms with Gasteiger partial charge in [-0.05, 0) is 12.3 Å². The molecule has 0 heterocycles. The van der Waals surface area contributed by atoms with Crippen LogP contribution in [0.4, 0.5) is 0 Å². The lowest BCUT2D eigenvalue weighted by atomic mass is 10.4. The van der Waals surface area contributed by atoms with E-state index in [1.807, 2.05) is 5.92 Å². The molecule has 0 saturated carbocycles. The van der Waals surface area contributed by atoms with Crippen LogP contribution in [0.15, 0.2) is 0 Å². The van der Waals surface area contributed by atoms with Crippen molar-refractivity contribution in [3.63, 3.8) is 0 Å². The molecule has 0 fully saturated rings. The number of sulfonamides is 1. The van der Waals surface area contributed by atoms with Crippen LogP contribution in [0.5, 0.6) is 0 Å². The minimum atomic E-state index is -3.43. The molecule has 0 spiro atoms. The minimum Gasteiger partial charge on any atom is -0.345 e. The first-order valence-corrected chi connectivity index (χ1v) is 4.92. The second-order valence-corrected chi connectivity index (χ2v) is 3.85. The van der Waals surface area contributed by atoms with Gasteiger partial charge in [-0.1, -0.05) is 0 Å². The maximum atomic E-state index is 10.4. The number of amides is 1. The van der Waals surface area contributed by atoms with Crippen LogP contribution in [0.2, 0.25) is 0 Å². The standard InChI is InChI=1S/C6H10N2O3S/c1-2-6(9)8-4-3-5-12(7,10)11/h1H,3-5H2,(H,8,9)(H2,7,10,11). The summed E-state index contributed by atoms with van der Waals surface area (Å²) in [5.74, 6) is 1.13. The van der Waals surface area contributed by atoms with Crippen molar-refractivity contribution in [2.45, 2.75) is 6.42 Å². The SMILES string of the molecule is C#CC(=O)NCCCS(N)(=O)=O. The van der Waals surface area contributed by atoms with E-state index in [2.05, 4.69) is 5.32 Å². The second-order valence-electron chi connectivity index (χ2n) is 2.12. The lowest BCUT2D eigenvalue weighted by molar-refractivity contribution is -0.115. The van der Waals surface area contributed by atoms with E-state index in [0.29, 0.717) is 0 Å². The molecular weight excluding hydrogens is 180 g/mol. The summed E-state index contributed by atoms with van der Waals surface area (Å²) in [4.78, 5) is 10.4. The molecule has 0 aromatic rings. The Morgan fingerprint density at radius 1 is 1.58 bits per heavy atom. The molecule has 0 rings (SSSR count). The van der Waals surface area contributed by atoms with Crippen molar-refractivity contribution >= 4 is 15.9 Å². The Balaban J connectivity index is 3.49. The fourth-order valence-electron chi connectivity index (χ4n) is 0.526. The molecule has 0 atom stereocenters. The molecule has 0 radical (unpaired) electrons. The van der Waals surface area contributed by atoms with Gasteiger partial charge in [-0.2, -0.15) is 0 Å². The van der Waals surface area contributed by atoms with Crippen molar-refractivity contribution in [2.75, 3.05) is 12.3 Å². The zero-order valence-corrected chi connectivity index (χ0v) is 7.23. The van der Waals surface area contributed by atoms with Gasteiger partial charge < -0.3 is 5.32 Å². The minimum absolute atomic E-state index is 0.155. The molecular formula is C6H10N2O3S. The summed E-state index contributed by atoms with van der Waals surface area (Å²) in [5, 5.41) is 7.01. The lowest BCUT2D eigenvalue weighted by Gasteiger charge is -1.98. The van der Waals surface area contributed by atoms with Crippen LogP contribution in [0.1, 0.15) is 6.42 Å². The van der Waals surface area contributed by atoms with Gasteiger partial charge in [0.1, 0.15) is 0 Å². The van der Waals surface area contributed by atoms with Crippen molar-refractivity contribution in [2.24, 2.45) is 5.14 Å². The first kappa shape index (κ1) is 10.9. The Labute approximate surface area is 71.4 Å². The van der Waals surface area contributed by atoms with Crippen LogP contribution in [-0.4, -0.2) is 26.6 Å². The molecule has 0 aliphatic carbocycles. The Hall–Kier alpha value is -1.06. The van der Waals surface area contributed by atoms with E-state index < -0.39 is 15.9 Å². The average molecular weight is 190 g/mol. The van der Waals surface area contributed by atoms with E-state index in [0.717, 1.165) is 0 Å². The average Bonchev–Trinajstić information content (AvgIpc) is 1.96. The number of terminal acetylenes is 1. The summed E-state index contributed by atoms with van der Waals surface area (Å²) < 4.78 is 20.7. The van der Waals surface area contributed by atoms with Crippen LogP contribution in [0.25, 0.3) is 0 Å². The van der Waals surface area contributed by atoms with E-state index in [1.165, 1.54) is 0 Å². The first-order valence-electron chi connectivity index (χ1n) is 3.20. The number of carbonyl (C=O) groups is 1. The van der Waals surface area contributed by atoms with E-state index in [9.17, 15) is 13.2 Å². The van der Waals surface area contributed by atoms with Crippen LogP contribution in [-0.2, 0) is 14.8 Å². The van der Waals surface area contributed by atoms with Crippen molar-refractivity contribution < 1.29 is 13.2 Å². The highest BCUT2D eigenvalue weighted by Crippen LogP contribution is 1.82. The second kappa shape index (κ2) is 4.74. The number of rotatable bonds is 4. The zero-order chi connectivity index (χ0) is 9.61. The van der Waals surface area contributed by atoms with E-state index in [1.54, 1.807) is 0 Å². The van der Waals surface area contributed by atoms with Crippen molar-refractivity contribution in [1.82, 2.24) is 5.32 Å². The number of carbonyl (C=O) groups excluding carboxylic acids is 1. The molecule has 5 nitrogen and oxygen atoms in total. The quantitative estimate of drug-likeness (QED) is 0.414. The number of primary sulfonamides is 1. The molecule has 3 N–H and O–H groups in total. The van der Waals surface area contributed by atoms with Gasteiger partial charge in [-0.25, -0.2) is 13.6 Å². The number of hydrogen-bond acceptors (Lipinski definition) is 3. The molecule has 6 heteroatoms. The van der Waals surface area contributed by atoms with Crippen LogP contribution in [0, 0.1) is 12.3 Å². The predicted molar refractivity (Wildman–Crippen MR) is 44.4 cm³/mol. The molecule has 0 aliphatic heterocycles. The van der Waals surface area contributed by atoms with Crippen LogP contribution < -0.4 is 10.5 Å². The van der Waals surface area contributed by atoms with Gasteiger partial charge in [0.05, 0.1) is 5.75 Å². The zero-order valence-electron chi connectivity index (χ0n) is 6.41. The van der Waals surface area contributed by atoms with Gasteiger partial charge in [-0.15, -0.1) is 6.42 Å². The maximum absolute atomic E-state index is 10.4. The largest absolute Gasteiger partial charge is 0.345 e. The van der Waals surface area contributed by atoms with Gasteiger partial charge in [0, 0.05) is 6.54 Å². The monoisotopic (exact) mass is 190 g/mol. The highest BCUT2D eigenvalue weighted by atomic mass is 32.2. The van der Waals surface area contributed by atoms with Gasteiger partial charge >= 0.3 is 0 Å². The summed E-state index contributed by atoms with van der Waals surface area (Å²) in [6.45, 7) is 0.222. The Morgan fingerprint density at radius 3 is 2.58 bits per heavy atom. The highest BCUT2D eigenvalue weighted by Gasteiger charge is 2.01. The van der Waals surface area contributed by atoms with E-state index in [4.69, 9.17) is 11.6 Å². The summed E-state index contributed by atoms with van der Waals surface area (Å²) >= 11 is 0. The summed E-state index contributed by atoms with van der Waals surface area (Å²) in [5.41, 5.74) is 0. The summed E-state index contributed by atoms with van der Waals surface area (Å²) in [6.07, 6.45) is 5.01. The smallest absolute Gasteiger partial charge is 0.295 e. The molecule has 12 heavy (non-hydrogen) atoms. The van der Waals surface area contributed by atoms with Gasteiger partial charge in [0.15, 0.2) is 0 Å². The fraction of sp³-hybridized carbons (Fsp3) is 0.500. The number of nitrogens with one attached hydrogen (secondary N) is 1. The molecule has 1 amide bonds. The topological polar surface area (TPSA) is 89.3 Å². The van der Waals surface area contributed by atoms with Gasteiger partial charge in [0.25, 0.3) is 5.91 Å². The molecule has 0 aliphatic rings. The Bertz CT molecular complexity index is 288. The van der Waals surface area contributed by atoms with Crippen molar-refractivity contribution in [3.8, 4) is 12.3 Å². The third-order valence-electron chi connectivity index (χ3n) is 1.02. The predicted octanol–water partition coefficient (Wildman–Crippen LogP) is -1.59. The third-order valence-corrected chi connectivity index (χ3v) is 1.88. The molecule has 68 valence electrons. The Kier molecular flexibility index (Phi) is 4.33.